The minimum Gasteiger partial charge on any atom is -0.778 e. The van der Waals surface area contributed by atoms with Gasteiger partial charge in [-0.25, -0.2) is 32.5 Å². The van der Waals surface area contributed by atoms with Gasteiger partial charge in [0.25, 0.3) is 15.7 Å². The van der Waals surface area contributed by atoms with Crippen LogP contribution in [-0.2, 0) is 60.6 Å². The number of carboxylic acid groups (broad SMARTS) is 1. The molecule has 0 saturated heterocycles. The summed E-state index contributed by atoms with van der Waals surface area (Å²) in [7, 11) is -9.56. The van der Waals surface area contributed by atoms with E-state index < -0.39 is 108 Å². The number of carboxylic acids is 1. The number of esters is 2. The van der Waals surface area contributed by atoms with Crippen LogP contribution in [0.2, 0.25) is 5.02 Å². The summed E-state index contributed by atoms with van der Waals surface area (Å²) >= 11 is 5.83. The van der Waals surface area contributed by atoms with Crippen LogP contribution in [-0.4, -0.2) is 135 Å². The second-order valence-electron chi connectivity index (χ2n) is 13.9. The molecule has 4 rings (SSSR count). The summed E-state index contributed by atoms with van der Waals surface area (Å²) in [5.74, 6) is -4.05. The molecule has 2 atom stereocenters. The number of hydrogen-bond donors (Lipinski definition) is 5. The first-order valence-electron chi connectivity index (χ1n) is 19.9. The van der Waals surface area contributed by atoms with Crippen LogP contribution in [0.15, 0.2) is 70.7 Å². The van der Waals surface area contributed by atoms with Crippen LogP contribution < -0.4 is 34.5 Å². The third kappa shape index (κ3) is 23.3. The van der Waals surface area contributed by atoms with Gasteiger partial charge in [0.1, 0.15) is 29.6 Å². The maximum absolute atomic E-state index is 12.8. The van der Waals surface area contributed by atoms with Crippen LogP contribution in [0.3, 0.4) is 0 Å². The van der Waals surface area contributed by atoms with Crippen molar-refractivity contribution in [3.8, 4) is 23.3 Å². The number of carbonyl (C=O) groups excluding carboxylic acids is 3. The lowest BCUT2D eigenvalue weighted by molar-refractivity contribution is -0.385. The zero-order valence-electron chi connectivity index (χ0n) is 39.5. The molecule has 0 radical (unpaired) electrons. The second-order valence-corrected chi connectivity index (χ2v) is 22.2. The van der Waals surface area contributed by atoms with Gasteiger partial charge in [-0.3, -0.25) is 25.5 Å². The van der Waals surface area contributed by atoms with Crippen LogP contribution in [0.1, 0.15) is 36.7 Å². The number of rotatable bonds is 18. The van der Waals surface area contributed by atoms with E-state index in [4.69, 9.17) is 45.3 Å². The van der Waals surface area contributed by atoms with Gasteiger partial charge in [-0.2, -0.15) is 31.6 Å². The number of benzene rings is 2. The zero-order chi connectivity index (χ0) is 56.1. The molecule has 5 N–H and O–H groups in total. The average Bonchev–Trinajstić information content (AvgIpc) is 3.28. The predicted octanol–water partition coefficient (Wildman–Crippen LogP) is 4.02. The first-order chi connectivity index (χ1) is 33.7. The highest BCUT2D eigenvalue weighted by atomic mass is 35.5. The number of halogens is 4. The fraction of sp³-hybridized carbons (Fsp3) is 0.359. The number of nitrogens with zero attached hydrogens (tertiary/aromatic N) is 4. The van der Waals surface area contributed by atoms with Gasteiger partial charge < -0.3 is 43.1 Å². The number of sulfone groups is 1. The summed E-state index contributed by atoms with van der Waals surface area (Å²) in [4.78, 5) is 85.0. The summed E-state index contributed by atoms with van der Waals surface area (Å²) in [5.41, 5.74) is -2.17. The number of sulfonamides is 1. The topological polar surface area (TPSA) is 381 Å². The Morgan fingerprint density at radius 1 is 0.973 bits per heavy atom. The first-order valence-corrected chi connectivity index (χ1v) is 27.6. The van der Waals surface area contributed by atoms with Gasteiger partial charge >= 0.3 is 30.1 Å². The third-order valence-electron chi connectivity index (χ3n) is 7.62. The lowest BCUT2D eigenvalue weighted by Gasteiger charge is -2.14. The molecule has 2 aromatic heterocycles. The maximum atomic E-state index is 12.8. The maximum Gasteiger partial charge on any atom is 0.416 e. The lowest BCUT2D eigenvalue weighted by atomic mass is 10.1. The number of nitro benzene ring substituents is 1. The molecule has 0 aliphatic carbocycles. The van der Waals surface area contributed by atoms with Crippen molar-refractivity contribution in [1.29, 1.82) is 0 Å². The van der Waals surface area contributed by atoms with E-state index in [0.717, 1.165) is 42.6 Å². The molecular formula is C39H48ClF3N7O19PS3. The fourth-order valence-electron chi connectivity index (χ4n) is 4.56. The molecule has 26 nitrogen and oxygen atoms in total. The average molecular weight is 1140 g/mol. The summed E-state index contributed by atoms with van der Waals surface area (Å²) in [6.07, 6.45) is 1.03. The standard InChI is InChI=1S/C19H15ClF3NO7.C14H17N5O7S2.C3H8NO5P.C3H9S/c1-3-29-17(25)10(2)30-18(26)13-9-12(5-6-15(13)24(27)28)31-16-7-4-11(8-14(16)20)19(21,22)23;1-4-27(21,22)9-6-5-7-15-12(9)28(23,24)19-14(20)18-13-16-10(25-2)8-11(17-13)26-3;5-3(6)1-4-2-10(7,8)9;1-4(2)3/h4-10H,3H2,1-2H3;5-8H,4H2,1-3H3,(H2,16,17,18,19,20);4H,1-2H2,(H,5,6)(H2,7,8,9);1-3H3/q;;;+1/p-1. The summed E-state index contributed by atoms with van der Waals surface area (Å²) in [6.45, 7) is 3.69. The molecule has 34 heteroatoms. The molecule has 0 aliphatic rings. The van der Waals surface area contributed by atoms with Crippen LogP contribution in [0.4, 0.5) is 29.6 Å². The number of methoxy groups -OCH3 is 2. The van der Waals surface area contributed by atoms with E-state index in [9.17, 15) is 68.8 Å². The van der Waals surface area contributed by atoms with Gasteiger partial charge in [0.15, 0.2) is 21.0 Å². The monoisotopic (exact) mass is 1140 g/mol. The van der Waals surface area contributed by atoms with Gasteiger partial charge in [-0.15, -0.1) is 0 Å². The largest absolute Gasteiger partial charge is 0.778 e. The summed E-state index contributed by atoms with van der Waals surface area (Å²) < 4.78 is 124. The number of aliphatic carboxylic acids is 1. The summed E-state index contributed by atoms with van der Waals surface area (Å²) in [5, 5.41) is 22.2. The molecular weight excluding hydrogens is 1090 g/mol. The number of alkyl halides is 3. The highest BCUT2D eigenvalue weighted by molar-refractivity contribution is 7.94. The van der Waals surface area contributed by atoms with Gasteiger partial charge in [-0.1, -0.05) is 18.5 Å². The van der Waals surface area contributed by atoms with E-state index in [1.165, 1.54) is 40.2 Å². The van der Waals surface area contributed by atoms with E-state index in [0.29, 0.717) is 17.0 Å². The number of pyridine rings is 1. The number of ether oxygens (including phenoxy) is 5. The van der Waals surface area contributed by atoms with Crippen molar-refractivity contribution >= 4 is 85.5 Å². The van der Waals surface area contributed by atoms with Crippen molar-refractivity contribution in [2.45, 2.75) is 43.0 Å². The molecule has 2 amide bonds. The van der Waals surface area contributed by atoms with Gasteiger partial charge in [0, 0.05) is 18.3 Å². The Hall–Kier alpha value is -6.41. The summed E-state index contributed by atoms with van der Waals surface area (Å²) in [6, 6.07) is 7.85. The Bertz CT molecular complexity index is 2820. The Morgan fingerprint density at radius 2 is 1.56 bits per heavy atom. The number of nitro groups is 1. The molecule has 0 bridgehead atoms. The van der Waals surface area contributed by atoms with Crippen molar-refractivity contribution in [3.05, 3.63) is 87.1 Å². The van der Waals surface area contributed by atoms with E-state index >= 15 is 0 Å². The van der Waals surface area contributed by atoms with Gasteiger partial charge in [0.05, 0.1) is 79.8 Å². The van der Waals surface area contributed by atoms with E-state index in [-0.39, 0.29) is 46.6 Å². The molecule has 0 aliphatic heterocycles. The highest BCUT2D eigenvalue weighted by Gasteiger charge is 2.32. The number of aromatic nitrogens is 3. The van der Waals surface area contributed by atoms with Crippen molar-refractivity contribution in [2.75, 3.05) is 63.5 Å². The van der Waals surface area contributed by atoms with Gasteiger partial charge in [-0.05, 0) is 61.1 Å². The van der Waals surface area contributed by atoms with Crippen molar-refractivity contribution < 1.29 is 97.3 Å². The quantitative estimate of drug-likeness (QED) is 0.0309. The zero-order valence-corrected chi connectivity index (χ0v) is 43.6. The number of amides is 2. The molecule has 2 heterocycles. The molecule has 404 valence electrons. The lowest BCUT2D eigenvalue weighted by Crippen LogP contribution is -2.36. The van der Waals surface area contributed by atoms with Crippen LogP contribution >= 0.6 is 19.2 Å². The minimum atomic E-state index is -4.61. The molecule has 0 fully saturated rings. The van der Waals surface area contributed by atoms with Crippen LogP contribution in [0.5, 0.6) is 23.3 Å². The SMILES string of the molecule is CCOC(=O)C(C)OC(=O)c1cc(Oc2ccc(C(F)(F)F)cc2Cl)ccc1[N+](=O)[O-].CCS(=O)(=O)c1cccnc1S(=O)(=O)NC(=O)Nc1nc(OC)cc(OC)n1.C[S+](C)C.O=C(O)CNCP(=O)([O-])O. The molecule has 2 aromatic carbocycles. The minimum absolute atomic E-state index is 0.0398. The fourth-order valence-corrected chi connectivity index (χ4v) is 7.72. The Labute approximate surface area is 422 Å². The number of nitrogens with one attached hydrogen (secondary N) is 3. The third-order valence-corrected chi connectivity index (χ3v) is 11.7. The molecule has 0 saturated carbocycles. The van der Waals surface area contributed by atoms with Crippen molar-refractivity contribution in [3.63, 3.8) is 0 Å². The number of hydrogen-bond acceptors (Lipinski definition) is 21. The van der Waals surface area contributed by atoms with Crippen molar-refractivity contribution in [1.82, 2.24) is 25.0 Å². The van der Waals surface area contributed by atoms with E-state index in [1.54, 1.807) is 11.6 Å². The Balaban J connectivity index is 0.000000581. The van der Waals surface area contributed by atoms with Gasteiger partial charge in [0.2, 0.25) is 17.7 Å². The number of urea groups is 1. The molecule has 2 unspecified atom stereocenters. The van der Waals surface area contributed by atoms with E-state index in [1.807, 2.05) is 5.32 Å². The number of anilines is 1. The molecule has 73 heavy (non-hydrogen) atoms. The van der Waals surface area contributed by atoms with Crippen LogP contribution in [0, 0.1) is 10.1 Å². The molecule has 0 spiro atoms. The Kier molecular flexibility index (Phi) is 26.0. The Morgan fingerprint density at radius 3 is 2.04 bits per heavy atom. The molecule has 4 aromatic rings. The number of carbonyl (C=O) groups is 4. The normalized spacial score (nSPS) is 12.3. The highest BCUT2D eigenvalue weighted by Crippen LogP contribution is 2.37. The first kappa shape index (κ1) is 64.6. The van der Waals surface area contributed by atoms with E-state index in [2.05, 4.69) is 39.0 Å². The smallest absolute Gasteiger partial charge is 0.416 e. The van der Waals surface area contributed by atoms with Crippen LogP contribution in [0.25, 0.3) is 0 Å². The second kappa shape index (κ2) is 29.3. The predicted molar refractivity (Wildman–Crippen MR) is 253 cm³/mol. The van der Waals surface area contributed by atoms with Crippen molar-refractivity contribution in [2.24, 2.45) is 0 Å².